The molecule has 0 unspecified atom stereocenters. The molecule has 1 amide bonds. The van der Waals surface area contributed by atoms with E-state index in [-0.39, 0.29) is 11.7 Å². The van der Waals surface area contributed by atoms with Crippen molar-refractivity contribution in [3.8, 4) is 0 Å². The van der Waals surface area contributed by atoms with E-state index >= 15 is 0 Å². The van der Waals surface area contributed by atoms with Gasteiger partial charge in [-0.25, -0.2) is 12.7 Å². The number of nitrogens with one attached hydrogen (secondary N) is 1. The molecule has 1 aromatic heterocycles. The van der Waals surface area contributed by atoms with Crippen LogP contribution in [0.2, 0.25) is 0 Å². The fourth-order valence-corrected chi connectivity index (χ4v) is 3.32. The Labute approximate surface area is 131 Å². The van der Waals surface area contributed by atoms with Gasteiger partial charge in [-0.15, -0.1) is 0 Å². The Bertz CT molecular complexity index is 575. The molecule has 1 fully saturated rings. The minimum atomic E-state index is -3.11. The molecule has 1 aliphatic heterocycles. The predicted molar refractivity (Wildman–Crippen MR) is 85.2 cm³/mol. The second-order valence-corrected chi connectivity index (χ2v) is 7.97. The normalized spacial score (nSPS) is 17.1. The summed E-state index contributed by atoms with van der Waals surface area (Å²) in [4.78, 5) is 19.2. The summed E-state index contributed by atoms with van der Waals surface area (Å²) in [5.74, 6) is 0.196. The molecule has 1 aromatic rings. The van der Waals surface area contributed by atoms with Crippen LogP contribution in [-0.4, -0.2) is 86.0 Å². The lowest BCUT2D eigenvalue weighted by atomic mass is 10.2. The second kappa shape index (κ2) is 7.26. The predicted octanol–water partition coefficient (Wildman–Crippen LogP) is 0.0540. The van der Waals surface area contributed by atoms with Crippen molar-refractivity contribution in [1.29, 1.82) is 0 Å². The van der Waals surface area contributed by atoms with Crippen LogP contribution in [0.5, 0.6) is 0 Å². The van der Waals surface area contributed by atoms with Gasteiger partial charge in [-0.3, -0.25) is 9.69 Å². The highest BCUT2D eigenvalue weighted by Gasteiger charge is 2.22. The van der Waals surface area contributed by atoms with Crippen LogP contribution in [0, 0.1) is 0 Å². The van der Waals surface area contributed by atoms with Gasteiger partial charge in [0.2, 0.25) is 10.0 Å². The van der Waals surface area contributed by atoms with Gasteiger partial charge in [0.25, 0.3) is 5.91 Å². The van der Waals surface area contributed by atoms with Gasteiger partial charge < -0.3 is 9.88 Å². The molecule has 8 heteroatoms. The molecule has 0 aliphatic carbocycles. The molecule has 0 atom stereocenters. The average molecular weight is 328 g/mol. The van der Waals surface area contributed by atoms with Crippen molar-refractivity contribution in [3.05, 3.63) is 24.0 Å². The number of rotatable bonds is 6. The van der Waals surface area contributed by atoms with Crippen molar-refractivity contribution in [2.75, 3.05) is 52.6 Å². The van der Waals surface area contributed by atoms with Gasteiger partial charge in [-0.2, -0.15) is 0 Å². The summed E-state index contributed by atoms with van der Waals surface area (Å²) >= 11 is 0. The molecule has 2 heterocycles. The summed E-state index contributed by atoms with van der Waals surface area (Å²) in [7, 11) is -0.00310. The van der Waals surface area contributed by atoms with E-state index in [1.807, 2.05) is 11.0 Å². The van der Waals surface area contributed by atoms with Crippen LogP contribution in [0.25, 0.3) is 0 Å². The van der Waals surface area contributed by atoms with Crippen LogP contribution in [0.1, 0.15) is 16.9 Å². The molecule has 22 heavy (non-hydrogen) atoms. The van der Waals surface area contributed by atoms with E-state index in [1.54, 1.807) is 26.4 Å². The highest BCUT2D eigenvalue weighted by molar-refractivity contribution is 7.89. The molecule has 0 spiro atoms. The monoisotopic (exact) mass is 328 g/mol. The standard InChI is InChI=1S/C14H24N4O3S/c1-16(2)22(20,21)12-4-7-17-8-10-18(11-9-17)14(19)13-5-3-6-15-13/h3,5-6,15H,4,7-12H2,1-2H3. The number of aromatic nitrogens is 1. The van der Waals surface area contributed by atoms with E-state index in [4.69, 9.17) is 0 Å². The van der Waals surface area contributed by atoms with Gasteiger partial charge in [-0.1, -0.05) is 0 Å². The number of hydrogen-bond acceptors (Lipinski definition) is 4. The summed E-state index contributed by atoms with van der Waals surface area (Å²) in [6.07, 6.45) is 2.36. The fraction of sp³-hybridized carbons (Fsp3) is 0.643. The molecule has 1 aliphatic rings. The molecule has 0 aromatic carbocycles. The lowest BCUT2D eigenvalue weighted by Crippen LogP contribution is -2.49. The number of amides is 1. The largest absolute Gasteiger partial charge is 0.357 e. The number of piperazine rings is 1. The molecular weight excluding hydrogens is 304 g/mol. The highest BCUT2D eigenvalue weighted by Crippen LogP contribution is 2.08. The molecule has 124 valence electrons. The van der Waals surface area contributed by atoms with Crippen LogP contribution >= 0.6 is 0 Å². The van der Waals surface area contributed by atoms with Crippen molar-refractivity contribution in [1.82, 2.24) is 19.1 Å². The Kier molecular flexibility index (Phi) is 5.60. The molecule has 0 radical (unpaired) electrons. The van der Waals surface area contributed by atoms with Crippen LogP contribution in [0.3, 0.4) is 0 Å². The van der Waals surface area contributed by atoms with Gasteiger partial charge in [0, 0.05) is 46.5 Å². The zero-order chi connectivity index (χ0) is 16.2. The van der Waals surface area contributed by atoms with Crippen LogP contribution < -0.4 is 0 Å². The number of sulfonamides is 1. The van der Waals surface area contributed by atoms with Crippen molar-refractivity contribution in [2.24, 2.45) is 0 Å². The number of carbonyl (C=O) groups excluding carboxylic acids is 1. The third kappa shape index (κ3) is 4.31. The summed E-state index contributed by atoms with van der Waals surface area (Å²) in [6.45, 7) is 3.68. The first-order valence-corrected chi connectivity index (χ1v) is 9.06. The van der Waals surface area contributed by atoms with Crippen molar-refractivity contribution >= 4 is 15.9 Å². The maximum Gasteiger partial charge on any atom is 0.270 e. The lowest BCUT2D eigenvalue weighted by Gasteiger charge is -2.34. The van der Waals surface area contributed by atoms with Crippen molar-refractivity contribution in [2.45, 2.75) is 6.42 Å². The first-order chi connectivity index (χ1) is 10.4. The second-order valence-electron chi connectivity index (χ2n) is 5.67. The third-order valence-corrected chi connectivity index (χ3v) is 5.84. The van der Waals surface area contributed by atoms with Crippen molar-refractivity contribution in [3.63, 3.8) is 0 Å². The quantitative estimate of drug-likeness (QED) is 0.801. The van der Waals surface area contributed by atoms with Gasteiger partial charge in [-0.05, 0) is 25.1 Å². The molecule has 0 saturated carbocycles. The Morgan fingerprint density at radius 1 is 1.27 bits per heavy atom. The Morgan fingerprint density at radius 3 is 2.50 bits per heavy atom. The highest BCUT2D eigenvalue weighted by atomic mass is 32.2. The zero-order valence-electron chi connectivity index (χ0n) is 13.2. The molecule has 7 nitrogen and oxygen atoms in total. The van der Waals surface area contributed by atoms with Crippen LogP contribution in [0.15, 0.2) is 18.3 Å². The van der Waals surface area contributed by atoms with Crippen molar-refractivity contribution < 1.29 is 13.2 Å². The van der Waals surface area contributed by atoms with Gasteiger partial charge in [0.05, 0.1) is 5.75 Å². The van der Waals surface area contributed by atoms with E-state index < -0.39 is 10.0 Å². The number of H-pyrrole nitrogens is 1. The SMILES string of the molecule is CN(C)S(=O)(=O)CCCN1CCN(C(=O)c2ccc[nH]2)CC1. The van der Waals surface area contributed by atoms with Crippen LogP contribution in [0.4, 0.5) is 0 Å². The fourth-order valence-electron chi connectivity index (χ4n) is 2.46. The minimum Gasteiger partial charge on any atom is -0.357 e. The third-order valence-electron chi connectivity index (χ3n) is 3.92. The number of aromatic amines is 1. The Morgan fingerprint density at radius 2 is 1.95 bits per heavy atom. The maximum absolute atomic E-state index is 12.2. The molecule has 1 saturated heterocycles. The van der Waals surface area contributed by atoms with E-state index in [2.05, 4.69) is 9.88 Å². The van der Waals surface area contributed by atoms with Crippen LogP contribution in [-0.2, 0) is 10.0 Å². The first kappa shape index (κ1) is 17.0. The maximum atomic E-state index is 12.2. The minimum absolute atomic E-state index is 0.0276. The Balaban J connectivity index is 1.73. The molecule has 1 N–H and O–H groups in total. The Hall–Kier alpha value is -1.38. The number of hydrogen-bond donors (Lipinski definition) is 1. The van der Waals surface area contributed by atoms with E-state index in [9.17, 15) is 13.2 Å². The van der Waals surface area contributed by atoms with Gasteiger partial charge >= 0.3 is 0 Å². The van der Waals surface area contributed by atoms with E-state index in [0.29, 0.717) is 25.2 Å². The zero-order valence-corrected chi connectivity index (χ0v) is 14.0. The number of nitrogens with zero attached hydrogens (tertiary/aromatic N) is 3. The van der Waals surface area contributed by atoms with Gasteiger partial charge in [0.1, 0.15) is 5.69 Å². The number of carbonyl (C=O) groups is 1. The first-order valence-electron chi connectivity index (χ1n) is 7.45. The average Bonchev–Trinajstić information content (AvgIpc) is 3.01. The molecule has 2 rings (SSSR count). The van der Waals surface area contributed by atoms with E-state index in [0.717, 1.165) is 19.6 Å². The smallest absolute Gasteiger partial charge is 0.270 e. The van der Waals surface area contributed by atoms with E-state index in [1.165, 1.54) is 4.31 Å². The molecular formula is C14H24N4O3S. The summed E-state index contributed by atoms with van der Waals surface area (Å²) in [5.41, 5.74) is 0.616. The summed E-state index contributed by atoms with van der Waals surface area (Å²) < 4.78 is 24.7. The van der Waals surface area contributed by atoms with Gasteiger partial charge in [0.15, 0.2) is 0 Å². The summed E-state index contributed by atoms with van der Waals surface area (Å²) in [6, 6.07) is 3.59. The lowest BCUT2D eigenvalue weighted by molar-refractivity contribution is 0.0632. The molecule has 0 bridgehead atoms. The topological polar surface area (TPSA) is 76.7 Å². The summed E-state index contributed by atoms with van der Waals surface area (Å²) in [5, 5.41) is 0.